The first-order chi connectivity index (χ1) is 8.75. The first-order valence-electron chi connectivity index (χ1n) is 5.58. The van der Waals surface area contributed by atoms with Crippen molar-refractivity contribution in [2.45, 2.75) is 13.1 Å². The zero-order chi connectivity index (χ0) is 14.6. The first kappa shape index (κ1) is 15.3. The Morgan fingerprint density at radius 1 is 1.53 bits per heavy atom. The van der Waals surface area contributed by atoms with Crippen molar-refractivity contribution in [3.05, 3.63) is 23.9 Å². The number of pyridine rings is 1. The van der Waals surface area contributed by atoms with Gasteiger partial charge in [-0.2, -0.15) is 13.2 Å². The molecule has 1 aromatic heterocycles. The average molecular weight is 276 g/mol. The molecule has 0 radical (unpaired) electrons. The number of ether oxygens (including phenoxy) is 1. The van der Waals surface area contributed by atoms with Crippen LogP contribution in [0.3, 0.4) is 0 Å². The Bertz CT molecular complexity index is 449. The van der Waals surface area contributed by atoms with Crippen LogP contribution in [0.4, 0.5) is 19.0 Å². The molecular weight excluding hydrogens is 261 g/mol. The molecule has 1 atom stereocenters. The number of anilines is 1. The fourth-order valence-electron chi connectivity index (χ4n) is 1.58. The molecule has 0 aliphatic carbocycles. The van der Waals surface area contributed by atoms with Crippen molar-refractivity contribution in [3.8, 4) is 0 Å². The van der Waals surface area contributed by atoms with Gasteiger partial charge in [0.25, 0.3) is 0 Å². The van der Waals surface area contributed by atoms with Gasteiger partial charge in [0.05, 0.1) is 18.6 Å². The third-order valence-electron chi connectivity index (χ3n) is 2.62. The predicted molar refractivity (Wildman–Crippen MR) is 63.7 cm³/mol. The molecule has 0 saturated heterocycles. The summed E-state index contributed by atoms with van der Waals surface area (Å²) < 4.78 is 42.2. The van der Waals surface area contributed by atoms with Crippen LogP contribution in [-0.4, -0.2) is 31.7 Å². The highest BCUT2D eigenvalue weighted by Crippen LogP contribution is 2.30. The van der Waals surface area contributed by atoms with Crippen molar-refractivity contribution >= 4 is 11.8 Å². The number of alkyl halides is 3. The number of esters is 1. The van der Waals surface area contributed by atoms with E-state index in [-0.39, 0.29) is 12.4 Å². The molecule has 19 heavy (non-hydrogen) atoms. The van der Waals surface area contributed by atoms with Crippen molar-refractivity contribution in [3.63, 3.8) is 0 Å². The molecule has 1 heterocycles. The molecule has 0 amide bonds. The van der Waals surface area contributed by atoms with Crippen LogP contribution in [0.1, 0.15) is 12.5 Å². The maximum atomic E-state index is 12.6. The zero-order valence-corrected chi connectivity index (χ0v) is 10.9. The quantitative estimate of drug-likeness (QED) is 0.792. The molecule has 0 fully saturated rings. The summed E-state index contributed by atoms with van der Waals surface area (Å²) >= 11 is 0. The fourth-order valence-corrected chi connectivity index (χ4v) is 1.58. The van der Waals surface area contributed by atoms with Crippen LogP contribution in [-0.2, 0) is 15.7 Å². The Morgan fingerprint density at radius 3 is 2.68 bits per heavy atom. The summed E-state index contributed by atoms with van der Waals surface area (Å²) in [6, 6.07) is 1.85. The monoisotopic (exact) mass is 276 g/mol. The minimum Gasteiger partial charge on any atom is -0.469 e. The van der Waals surface area contributed by atoms with E-state index in [1.165, 1.54) is 12.0 Å². The minimum absolute atomic E-state index is 0.158. The number of aromatic nitrogens is 1. The lowest BCUT2D eigenvalue weighted by molar-refractivity contribution is -0.144. The third-order valence-corrected chi connectivity index (χ3v) is 2.62. The SMILES string of the molecule is COC(=O)C(C)CN(C)c1cc(C(F)(F)F)ccn1. The van der Waals surface area contributed by atoms with Crippen molar-refractivity contribution in [2.75, 3.05) is 25.6 Å². The Hall–Kier alpha value is -1.79. The summed E-state index contributed by atoms with van der Waals surface area (Å²) in [5.74, 6) is -0.712. The van der Waals surface area contributed by atoms with E-state index in [9.17, 15) is 18.0 Å². The highest BCUT2D eigenvalue weighted by Gasteiger charge is 2.31. The third kappa shape index (κ3) is 4.11. The normalized spacial score (nSPS) is 12.9. The van der Waals surface area contributed by atoms with Crippen molar-refractivity contribution in [1.82, 2.24) is 4.98 Å². The number of nitrogens with zero attached hydrogens (tertiary/aromatic N) is 2. The molecule has 1 aromatic rings. The maximum absolute atomic E-state index is 12.6. The number of carbonyl (C=O) groups excluding carboxylic acids is 1. The molecular formula is C12H15F3N2O2. The number of carbonyl (C=O) groups is 1. The van der Waals surface area contributed by atoms with Crippen molar-refractivity contribution < 1.29 is 22.7 Å². The van der Waals surface area contributed by atoms with Gasteiger partial charge in [0.2, 0.25) is 0 Å². The fraction of sp³-hybridized carbons (Fsp3) is 0.500. The summed E-state index contributed by atoms with van der Waals surface area (Å²) in [4.78, 5) is 16.6. The predicted octanol–water partition coefficient (Wildman–Crippen LogP) is 2.35. The van der Waals surface area contributed by atoms with Crippen molar-refractivity contribution in [2.24, 2.45) is 5.92 Å². The summed E-state index contributed by atoms with van der Waals surface area (Å²) in [6.07, 6.45) is -3.32. The lowest BCUT2D eigenvalue weighted by Crippen LogP contribution is -2.30. The lowest BCUT2D eigenvalue weighted by Gasteiger charge is -2.21. The van der Waals surface area contributed by atoms with Crippen LogP contribution in [0.15, 0.2) is 18.3 Å². The van der Waals surface area contributed by atoms with Gasteiger partial charge in [0.1, 0.15) is 5.82 Å². The highest BCUT2D eigenvalue weighted by molar-refractivity contribution is 5.72. The van der Waals surface area contributed by atoms with Gasteiger partial charge >= 0.3 is 12.1 Å². The molecule has 0 spiro atoms. The van der Waals surface area contributed by atoms with Gasteiger partial charge < -0.3 is 9.64 Å². The Morgan fingerprint density at radius 2 is 2.16 bits per heavy atom. The van der Waals surface area contributed by atoms with Gasteiger partial charge in [-0.25, -0.2) is 4.98 Å². The van der Waals surface area contributed by atoms with Gasteiger partial charge in [-0.1, -0.05) is 6.92 Å². The van der Waals surface area contributed by atoms with Crippen LogP contribution in [0, 0.1) is 5.92 Å². The first-order valence-corrected chi connectivity index (χ1v) is 5.58. The second kappa shape index (κ2) is 5.90. The van der Waals surface area contributed by atoms with Gasteiger partial charge in [-0.3, -0.25) is 4.79 Å². The summed E-state index contributed by atoms with van der Waals surface area (Å²) in [5, 5.41) is 0. The molecule has 1 unspecified atom stereocenters. The molecule has 0 aliphatic heterocycles. The average Bonchev–Trinajstić information content (AvgIpc) is 2.36. The zero-order valence-electron chi connectivity index (χ0n) is 10.9. The van der Waals surface area contributed by atoms with Crippen LogP contribution >= 0.6 is 0 Å². The molecule has 106 valence electrons. The number of halogens is 3. The van der Waals surface area contributed by atoms with E-state index in [2.05, 4.69) is 9.72 Å². The Labute approximate surface area is 109 Å². The van der Waals surface area contributed by atoms with E-state index >= 15 is 0 Å². The van der Waals surface area contributed by atoms with E-state index in [0.29, 0.717) is 0 Å². The molecule has 0 bridgehead atoms. The second-order valence-corrected chi connectivity index (χ2v) is 4.21. The molecule has 0 N–H and O–H groups in total. The van der Waals surface area contributed by atoms with Crippen LogP contribution < -0.4 is 4.90 Å². The minimum atomic E-state index is -4.41. The highest BCUT2D eigenvalue weighted by atomic mass is 19.4. The molecule has 4 nitrogen and oxygen atoms in total. The van der Waals surface area contributed by atoms with Crippen LogP contribution in [0.5, 0.6) is 0 Å². The number of hydrogen-bond donors (Lipinski definition) is 0. The molecule has 0 saturated carbocycles. The van der Waals surface area contributed by atoms with E-state index in [1.54, 1.807) is 14.0 Å². The second-order valence-electron chi connectivity index (χ2n) is 4.21. The van der Waals surface area contributed by atoms with Gasteiger partial charge in [-0.05, 0) is 12.1 Å². The van der Waals surface area contributed by atoms with Crippen LogP contribution in [0.2, 0.25) is 0 Å². The summed E-state index contributed by atoms with van der Waals surface area (Å²) in [5.41, 5.74) is -0.768. The van der Waals surface area contributed by atoms with Gasteiger partial charge in [0.15, 0.2) is 0 Å². The lowest BCUT2D eigenvalue weighted by atomic mass is 10.1. The molecule has 1 rings (SSSR count). The van der Waals surface area contributed by atoms with Crippen LogP contribution in [0.25, 0.3) is 0 Å². The summed E-state index contributed by atoms with van der Waals surface area (Å²) in [7, 11) is 2.84. The van der Waals surface area contributed by atoms with E-state index in [1.807, 2.05) is 0 Å². The number of hydrogen-bond acceptors (Lipinski definition) is 4. The van der Waals surface area contributed by atoms with Gasteiger partial charge in [0, 0.05) is 19.8 Å². The maximum Gasteiger partial charge on any atom is 0.416 e. The van der Waals surface area contributed by atoms with E-state index in [4.69, 9.17) is 0 Å². The topological polar surface area (TPSA) is 42.4 Å². The van der Waals surface area contributed by atoms with E-state index < -0.39 is 23.6 Å². The van der Waals surface area contributed by atoms with Gasteiger partial charge in [-0.15, -0.1) is 0 Å². The number of methoxy groups -OCH3 is 1. The Kier molecular flexibility index (Phi) is 4.74. The van der Waals surface area contributed by atoms with Crippen molar-refractivity contribution in [1.29, 1.82) is 0 Å². The molecule has 0 aliphatic rings. The largest absolute Gasteiger partial charge is 0.469 e. The Balaban J connectivity index is 2.83. The molecule has 0 aromatic carbocycles. The smallest absolute Gasteiger partial charge is 0.416 e. The number of rotatable bonds is 4. The molecule has 7 heteroatoms. The summed E-state index contributed by atoms with van der Waals surface area (Å²) in [6.45, 7) is 1.86. The standard InChI is InChI=1S/C12H15F3N2O2/c1-8(11(18)19-3)7-17(2)10-6-9(4-5-16-10)12(13,14)15/h4-6,8H,7H2,1-3H3. The van der Waals surface area contributed by atoms with E-state index in [0.717, 1.165) is 18.3 Å².